The van der Waals surface area contributed by atoms with Gasteiger partial charge in [-0.3, -0.25) is 0 Å². The van der Waals surface area contributed by atoms with Crippen LogP contribution in [-0.2, 0) is 0 Å². The summed E-state index contributed by atoms with van der Waals surface area (Å²) in [7, 11) is 0. The van der Waals surface area contributed by atoms with E-state index in [4.69, 9.17) is 5.73 Å². The van der Waals surface area contributed by atoms with Crippen LogP contribution in [0.5, 0.6) is 0 Å². The van der Waals surface area contributed by atoms with Crippen LogP contribution in [0.1, 0.15) is 19.8 Å². The Labute approximate surface area is 98.3 Å². The van der Waals surface area contributed by atoms with E-state index in [0.717, 1.165) is 29.1 Å². The third kappa shape index (κ3) is 2.51. The van der Waals surface area contributed by atoms with Crippen LogP contribution in [0.4, 0.5) is 0 Å². The van der Waals surface area contributed by atoms with Crippen molar-refractivity contribution in [3.05, 3.63) is 12.7 Å². The Bertz CT molecular complexity index is 455. The van der Waals surface area contributed by atoms with Gasteiger partial charge < -0.3 is 10.7 Å². The highest BCUT2D eigenvalue weighted by atomic mass is 32.2. The molecule has 2 aromatic rings. The quantitative estimate of drug-likeness (QED) is 0.609. The SMILES string of the molecule is CCCC(N)CSc1ncnc2nc[nH]c12. The van der Waals surface area contributed by atoms with Gasteiger partial charge in [-0.2, -0.15) is 0 Å². The molecule has 6 heteroatoms. The average Bonchev–Trinajstić information content (AvgIpc) is 2.75. The van der Waals surface area contributed by atoms with Gasteiger partial charge in [0.2, 0.25) is 0 Å². The molecule has 0 amide bonds. The Balaban J connectivity index is 2.06. The van der Waals surface area contributed by atoms with Crippen molar-refractivity contribution >= 4 is 22.9 Å². The molecule has 0 saturated carbocycles. The van der Waals surface area contributed by atoms with E-state index in [2.05, 4.69) is 26.9 Å². The molecule has 0 saturated heterocycles. The van der Waals surface area contributed by atoms with Gasteiger partial charge in [0.05, 0.1) is 6.33 Å². The summed E-state index contributed by atoms with van der Waals surface area (Å²) >= 11 is 1.66. The van der Waals surface area contributed by atoms with Gasteiger partial charge >= 0.3 is 0 Å². The van der Waals surface area contributed by atoms with Crippen LogP contribution >= 0.6 is 11.8 Å². The van der Waals surface area contributed by atoms with E-state index in [1.165, 1.54) is 6.33 Å². The van der Waals surface area contributed by atoms with E-state index in [1.807, 2.05) is 0 Å². The Hall–Kier alpha value is -1.14. The maximum atomic E-state index is 5.96. The molecule has 0 fully saturated rings. The van der Waals surface area contributed by atoms with Crippen LogP contribution in [0.15, 0.2) is 17.7 Å². The molecule has 0 bridgehead atoms. The van der Waals surface area contributed by atoms with Crippen molar-refractivity contribution in [2.75, 3.05) is 5.75 Å². The molecule has 1 atom stereocenters. The highest BCUT2D eigenvalue weighted by Gasteiger charge is 2.08. The van der Waals surface area contributed by atoms with Crippen LogP contribution in [0, 0.1) is 0 Å². The number of fused-ring (bicyclic) bond motifs is 1. The first-order valence-electron chi connectivity index (χ1n) is 5.33. The zero-order valence-corrected chi connectivity index (χ0v) is 10.00. The van der Waals surface area contributed by atoms with Crippen molar-refractivity contribution in [1.82, 2.24) is 19.9 Å². The molecule has 0 spiro atoms. The molecule has 86 valence electrons. The summed E-state index contributed by atoms with van der Waals surface area (Å²) in [6, 6.07) is 0.225. The summed E-state index contributed by atoms with van der Waals surface area (Å²) in [5.41, 5.74) is 7.57. The lowest BCUT2D eigenvalue weighted by atomic mass is 10.2. The van der Waals surface area contributed by atoms with Gasteiger partial charge in [0.1, 0.15) is 16.9 Å². The zero-order chi connectivity index (χ0) is 11.4. The molecule has 0 aromatic carbocycles. The molecular formula is C10H15N5S. The number of nitrogens with two attached hydrogens (primary N) is 1. The lowest BCUT2D eigenvalue weighted by Gasteiger charge is -2.08. The predicted molar refractivity (Wildman–Crippen MR) is 65.3 cm³/mol. The van der Waals surface area contributed by atoms with Gasteiger partial charge in [-0.05, 0) is 6.42 Å². The number of aromatic nitrogens is 4. The fraction of sp³-hybridized carbons (Fsp3) is 0.500. The van der Waals surface area contributed by atoms with Crippen molar-refractivity contribution in [2.24, 2.45) is 5.73 Å². The smallest absolute Gasteiger partial charge is 0.181 e. The number of rotatable bonds is 5. The van der Waals surface area contributed by atoms with Gasteiger partial charge in [0.15, 0.2) is 5.65 Å². The van der Waals surface area contributed by atoms with Crippen LogP contribution in [0.2, 0.25) is 0 Å². The van der Waals surface area contributed by atoms with Gasteiger partial charge in [-0.15, -0.1) is 11.8 Å². The largest absolute Gasteiger partial charge is 0.341 e. The van der Waals surface area contributed by atoms with E-state index in [-0.39, 0.29) is 6.04 Å². The minimum absolute atomic E-state index is 0.225. The Kier molecular flexibility index (Phi) is 3.74. The number of hydrogen-bond acceptors (Lipinski definition) is 5. The first-order chi connectivity index (χ1) is 7.81. The van der Waals surface area contributed by atoms with E-state index < -0.39 is 0 Å². The Morgan fingerprint density at radius 1 is 1.44 bits per heavy atom. The lowest BCUT2D eigenvalue weighted by molar-refractivity contribution is 0.660. The fourth-order valence-electron chi connectivity index (χ4n) is 1.49. The molecule has 0 aliphatic carbocycles. The second-order valence-electron chi connectivity index (χ2n) is 3.64. The minimum Gasteiger partial charge on any atom is -0.341 e. The van der Waals surface area contributed by atoms with E-state index in [0.29, 0.717) is 5.65 Å². The summed E-state index contributed by atoms with van der Waals surface area (Å²) in [5, 5.41) is 0.925. The molecular weight excluding hydrogens is 222 g/mol. The number of nitrogens with zero attached hydrogens (tertiary/aromatic N) is 3. The molecule has 5 nitrogen and oxygen atoms in total. The van der Waals surface area contributed by atoms with E-state index >= 15 is 0 Å². The highest BCUT2D eigenvalue weighted by molar-refractivity contribution is 7.99. The van der Waals surface area contributed by atoms with Gasteiger partial charge in [-0.25, -0.2) is 15.0 Å². The fourth-order valence-corrected chi connectivity index (χ4v) is 2.45. The van der Waals surface area contributed by atoms with Crippen molar-refractivity contribution < 1.29 is 0 Å². The number of hydrogen-bond donors (Lipinski definition) is 2. The maximum Gasteiger partial charge on any atom is 0.181 e. The Morgan fingerprint density at radius 2 is 2.31 bits per heavy atom. The molecule has 2 rings (SSSR count). The van der Waals surface area contributed by atoms with Crippen molar-refractivity contribution in [3.63, 3.8) is 0 Å². The molecule has 2 aromatic heterocycles. The topological polar surface area (TPSA) is 80.5 Å². The van der Waals surface area contributed by atoms with Crippen LogP contribution < -0.4 is 5.73 Å². The van der Waals surface area contributed by atoms with Crippen molar-refractivity contribution in [3.8, 4) is 0 Å². The summed E-state index contributed by atoms with van der Waals surface area (Å²) in [4.78, 5) is 15.4. The van der Waals surface area contributed by atoms with Crippen LogP contribution in [0.3, 0.4) is 0 Å². The number of H-pyrrole nitrogens is 1. The molecule has 0 radical (unpaired) electrons. The van der Waals surface area contributed by atoms with Crippen molar-refractivity contribution in [2.45, 2.75) is 30.8 Å². The first kappa shape index (κ1) is 11.3. The number of aromatic amines is 1. The monoisotopic (exact) mass is 237 g/mol. The average molecular weight is 237 g/mol. The second kappa shape index (κ2) is 5.27. The van der Waals surface area contributed by atoms with E-state index in [9.17, 15) is 0 Å². The van der Waals surface area contributed by atoms with Crippen LogP contribution in [0.25, 0.3) is 11.2 Å². The molecule has 16 heavy (non-hydrogen) atoms. The van der Waals surface area contributed by atoms with Crippen molar-refractivity contribution in [1.29, 1.82) is 0 Å². The predicted octanol–water partition coefficient (Wildman–Crippen LogP) is 1.57. The van der Waals surface area contributed by atoms with Gasteiger partial charge in [0.25, 0.3) is 0 Å². The normalized spacial score (nSPS) is 13.1. The summed E-state index contributed by atoms with van der Waals surface area (Å²) in [6.45, 7) is 2.14. The highest BCUT2D eigenvalue weighted by Crippen LogP contribution is 2.22. The number of nitrogens with one attached hydrogen (secondary N) is 1. The Morgan fingerprint density at radius 3 is 3.12 bits per heavy atom. The summed E-state index contributed by atoms with van der Waals surface area (Å²) in [5.74, 6) is 0.874. The third-order valence-electron chi connectivity index (χ3n) is 2.28. The molecule has 1 unspecified atom stereocenters. The molecule has 2 heterocycles. The molecule has 0 aliphatic rings. The lowest BCUT2D eigenvalue weighted by Crippen LogP contribution is -2.22. The van der Waals surface area contributed by atoms with Gasteiger partial charge in [0, 0.05) is 11.8 Å². The molecule has 0 aliphatic heterocycles. The summed E-state index contributed by atoms with van der Waals surface area (Å²) < 4.78 is 0. The second-order valence-corrected chi connectivity index (χ2v) is 4.65. The minimum atomic E-state index is 0.225. The molecule has 3 N–H and O–H groups in total. The van der Waals surface area contributed by atoms with E-state index in [1.54, 1.807) is 18.1 Å². The maximum absolute atomic E-state index is 5.96. The number of thioether (sulfide) groups is 1. The zero-order valence-electron chi connectivity index (χ0n) is 9.18. The first-order valence-corrected chi connectivity index (χ1v) is 6.32. The third-order valence-corrected chi connectivity index (χ3v) is 3.46. The standard InChI is InChI=1S/C10H15N5S/c1-2-3-7(11)4-16-10-8-9(13-5-12-8)14-6-15-10/h5-7H,2-4,11H2,1H3,(H,12,13,14,15). The number of imidazole rings is 1. The van der Waals surface area contributed by atoms with Gasteiger partial charge in [-0.1, -0.05) is 13.3 Å². The summed E-state index contributed by atoms with van der Waals surface area (Å²) in [6.07, 6.45) is 5.33. The van der Waals surface area contributed by atoms with Crippen LogP contribution in [-0.4, -0.2) is 31.7 Å².